The van der Waals surface area contributed by atoms with Gasteiger partial charge in [0.05, 0.1) is 17.0 Å². The quantitative estimate of drug-likeness (QED) is 0.843. The highest BCUT2D eigenvalue weighted by Gasteiger charge is 2.42. The highest BCUT2D eigenvalue weighted by molar-refractivity contribution is 7.89. The zero-order valence-corrected chi connectivity index (χ0v) is 13.0. The SMILES string of the molecule is CCNc1ccc(S(=O)(=O)NC2CCOC2C2CC2)cc1. The first-order chi connectivity index (χ1) is 10.1. The molecule has 0 aromatic heterocycles. The van der Waals surface area contributed by atoms with Crippen molar-refractivity contribution in [3.05, 3.63) is 24.3 Å². The van der Waals surface area contributed by atoms with Crippen LogP contribution in [0.2, 0.25) is 0 Å². The number of nitrogens with one attached hydrogen (secondary N) is 2. The third-order valence-corrected chi connectivity index (χ3v) is 5.58. The molecule has 3 rings (SSSR count). The Hall–Kier alpha value is -1.11. The molecule has 1 aliphatic carbocycles. The highest BCUT2D eigenvalue weighted by Crippen LogP contribution is 2.39. The summed E-state index contributed by atoms with van der Waals surface area (Å²) in [4.78, 5) is 0.311. The molecule has 6 heteroatoms. The minimum atomic E-state index is -3.47. The van der Waals surface area contributed by atoms with Gasteiger partial charge < -0.3 is 10.1 Å². The molecular formula is C15H22N2O3S. The van der Waals surface area contributed by atoms with E-state index in [1.54, 1.807) is 24.3 Å². The Balaban J connectivity index is 1.70. The molecule has 1 heterocycles. The number of benzene rings is 1. The second-order valence-corrected chi connectivity index (χ2v) is 7.46. The Morgan fingerprint density at radius 1 is 1.19 bits per heavy atom. The summed E-state index contributed by atoms with van der Waals surface area (Å²) in [5, 5.41) is 3.15. The first-order valence-corrected chi connectivity index (χ1v) is 9.06. The van der Waals surface area contributed by atoms with Gasteiger partial charge in [-0.05, 0) is 56.4 Å². The normalized spacial score (nSPS) is 26.0. The fourth-order valence-electron chi connectivity index (χ4n) is 2.85. The lowest BCUT2D eigenvalue weighted by Gasteiger charge is -2.19. The Kier molecular flexibility index (Phi) is 4.19. The van der Waals surface area contributed by atoms with Crippen molar-refractivity contribution in [1.82, 2.24) is 4.72 Å². The van der Waals surface area contributed by atoms with Crippen LogP contribution in [0.4, 0.5) is 5.69 Å². The van der Waals surface area contributed by atoms with Gasteiger partial charge in [-0.3, -0.25) is 0 Å². The smallest absolute Gasteiger partial charge is 0.240 e. The van der Waals surface area contributed by atoms with Gasteiger partial charge in [0.2, 0.25) is 10.0 Å². The molecule has 21 heavy (non-hydrogen) atoms. The van der Waals surface area contributed by atoms with Gasteiger partial charge in [0.15, 0.2) is 0 Å². The Bertz CT molecular complexity index is 581. The number of hydrogen-bond acceptors (Lipinski definition) is 4. The molecule has 2 aliphatic rings. The maximum absolute atomic E-state index is 12.5. The van der Waals surface area contributed by atoms with Crippen molar-refractivity contribution >= 4 is 15.7 Å². The molecule has 2 unspecified atom stereocenters. The van der Waals surface area contributed by atoms with E-state index >= 15 is 0 Å². The van der Waals surface area contributed by atoms with Crippen LogP contribution in [0.25, 0.3) is 0 Å². The average Bonchev–Trinajstić information content (AvgIpc) is 3.20. The third kappa shape index (κ3) is 3.39. The molecule has 1 saturated carbocycles. The van der Waals surface area contributed by atoms with Gasteiger partial charge in [-0.1, -0.05) is 0 Å². The largest absolute Gasteiger partial charge is 0.385 e. The van der Waals surface area contributed by atoms with Crippen molar-refractivity contribution in [2.24, 2.45) is 5.92 Å². The van der Waals surface area contributed by atoms with Crippen molar-refractivity contribution in [3.8, 4) is 0 Å². The summed E-state index contributed by atoms with van der Waals surface area (Å²) in [6.07, 6.45) is 3.12. The maximum atomic E-state index is 12.5. The van der Waals surface area contributed by atoms with E-state index in [1.165, 1.54) is 0 Å². The first kappa shape index (κ1) is 14.8. The van der Waals surface area contributed by atoms with Crippen molar-refractivity contribution in [2.45, 2.75) is 43.2 Å². The van der Waals surface area contributed by atoms with Crippen molar-refractivity contribution < 1.29 is 13.2 Å². The van der Waals surface area contributed by atoms with E-state index in [0.29, 0.717) is 17.4 Å². The van der Waals surface area contributed by atoms with Crippen LogP contribution in [0.1, 0.15) is 26.2 Å². The van der Waals surface area contributed by atoms with E-state index in [2.05, 4.69) is 10.0 Å². The molecule has 1 aromatic carbocycles. The van der Waals surface area contributed by atoms with E-state index in [9.17, 15) is 8.42 Å². The predicted octanol–water partition coefficient (Wildman–Crippen LogP) is 1.96. The predicted molar refractivity (Wildman–Crippen MR) is 81.8 cm³/mol. The van der Waals surface area contributed by atoms with Crippen LogP contribution in [0, 0.1) is 5.92 Å². The van der Waals surface area contributed by atoms with E-state index in [1.807, 2.05) is 6.92 Å². The summed E-state index contributed by atoms with van der Waals surface area (Å²) in [6.45, 7) is 3.46. The third-order valence-electron chi connectivity index (χ3n) is 4.07. The van der Waals surface area contributed by atoms with E-state index < -0.39 is 10.0 Å². The average molecular weight is 310 g/mol. The van der Waals surface area contributed by atoms with Crippen LogP contribution < -0.4 is 10.0 Å². The minimum absolute atomic E-state index is 0.0563. The van der Waals surface area contributed by atoms with Crippen molar-refractivity contribution in [2.75, 3.05) is 18.5 Å². The van der Waals surface area contributed by atoms with Crippen LogP contribution in [-0.2, 0) is 14.8 Å². The van der Waals surface area contributed by atoms with Gasteiger partial charge in [-0.15, -0.1) is 0 Å². The molecule has 1 aliphatic heterocycles. The maximum Gasteiger partial charge on any atom is 0.240 e. The zero-order chi connectivity index (χ0) is 14.9. The Labute approximate surface area is 126 Å². The van der Waals surface area contributed by atoms with Crippen LogP contribution in [0.3, 0.4) is 0 Å². The zero-order valence-electron chi connectivity index (χ0n) is 12.2. The monoisotopic (exact) mass is 310 g/mol. The lowest BCUT2D eigenvalue weighted by atomic mass is 10.1. The summed E-state index contributed by atoms with van der Waals surface area (Å²) in [7, 11) is -3.47. The standard InChI is InChI=1S/C15H22N2O3S/c1-2-16-12-5-7-13(8-6-12)21(18,19)17-14-9-10-20-15(14)11-3-4-11/h5-8,11,14-17H,2-4,9-10H2,1H3. The number of ether oxygens (including phenoxy) is 1. The molecule has 0 bridgehead atoms. The van der Waals surface area contributed by atoms with Crippen molar-refractivity contribution in [3.63, 3.8) is 0 Å². The van der Waals surface area contributed by atoms with Gasteiger partial charge in [-0.25, -0.2) is 13.1 Å². The van der Waals surface area contributed by atoms with E-state index in [0.717, 1.165) is 31.5 Å². The summed E-state index contributed by atoms with van der Waals surface area (Å²) >= 11 is 0. The lowest BCUT2D eigenvalue weighted by molar-refractivity contribution is 0.0848. The van der Waals surface area contributed by atoms with Crippen LogP contribution in [0.5, 0.6) is 0 Å². The van der Waals surface area contributed by atoms with Gasteiger partial charge in [0.1, 0.15) is 0 Å². The first-order valence-electron chi connectivity index (χ1n) is 7.58. The van der Waals surface area contributed by atoms with Crippen LogP contribution in [-0.4, -0.2) is 33.7 Å². The second-order valence-electron chi connectivity index (χ2n) is 5.74. The van der Waals surface area contributed by atoms with Crippen molar-refractivity contribution in [1.29, 1.82) is 0 Å². The molecular weight excluding hydrogens is 288 g/mol. The molecule has 1 aromatic rings. The second kappa shape index (κ2) is 5.94. The molecule has 5 nitrogen and oxygen atoms in total. The fourth-order valence-corrected chi connectivity index (χ4v) is 4.13. The molecule has 2 atom stereocenters. The highest BCUT2D eigenvalue weighted by atomic mass is 32.2. The minimum Gasteiger partial charge on any atom is -0.385 e. The van der Waals surface area contributed by atoms with Gasteiger partial charge in [-0.2, -0.15) is 0 Å². The molecule has 116 valence electrons. The number of anilines is 1. The fraction of sp³-hybridized carbons (Fsp3) is 0.600. The molecule has 2 fully saturated rings. The van der Waals surface area contributed by atoms with Gasteiger partial charge >= 0.3 is 0 Å². The summed E-state index contributed by atoms with van der Waals surface area (Å²) < 4.78 is 33.4. The topological polar surface area (TPSA) is 67.4 Å². The molecule has 1 saturated heterocycles. The van der Waals surface area contributed by atoms with Crippen LogP contribution in [0.15, 0.2) is 29.2 Å². The van der Waals surface area contributed by atoms with Gasteiger partial charge in [0, 0.05) is 18.8 Å². The summed E-state index contributed by atoms with van der Waals surface area (Å²) in [5.41, 5.74) is 0.927. The number of sulfonamides is 1. The number of rotatable bonds is 6. The van der Waals surface area contributed by atoms with Crippen LogP contribution >= 0.6 is 0 Å². The lowest BCUT2D eigenvalue weighted by Crippen LogP contribution is -2.41. The number of hydrogen-bond donors (Lipinski definition) is 2. The molecule has 0 spiro atoms. The van der Waals surface area contributed by atoms with Gasteiger partial charge in [0.25, 0.3) is 0 Å². The molecule has 0 radical (unpaired) electrons. The Morgan fingerprint density at radius 2 is 1.90 bits per heavy atom. The summed E-state index contributed by atoms with van der Waals surface area (Å²) in [6, 6.07) is 6.78. The molecule has 2 N–H and O–H groups in total. The van der Waals surface area contributed by atoms with E-state index in [-0.39, 0.29) is 12.1 Å². The molecule has 0 amide bonds. The Morgan fingerprint density at radius 3 is 2.52 bits per heavy atom. The van der Waals surface area contributed by atoms with E-state index in [4.69, 9.17) is 4.74 Å². The summed E-state index contributed by atoms with van der Waals surface area (Å²) in [5.74, 6) is 0.538.